The molecule has 24 heavy (non-hydrogen) atoms. The van der Waals surface area contributed by atoms with Crippen LogP contribution in [0.2, 0.25) is 0 Å². The lowest BCUT2D eigenvalue weighted by Crippen LogP contribution is -2.11. The summed E-state index contributed by atoms with van der Waals surface area (Å²) < 4.78 is 7.45. The Kier molecular flexibility index (Phi) is 4.18. The van der Waals surface area contributed by atoms with Gasteiger partial charge in [-0.2, -0.15) is 0 Å². The van der Waals surface area contributed by atoms with Gasteiger partial charge in [-0.15, -0.1) is 0 Å². The third-order valence-electron chi connectivity index (χ3n) is 4.32. The third kappa shape index (κ3) is 2.82. The first kappa shape index (κ1) is 16.3. The van der Waals surface area contributed by atoms with Crippen LogP contribution in [0.15, 0.2) is 30.3 Å². The van der Waals surface area contributed by atoms with E-state index in [9.17, 15) is 14.7 Å². The van der Waals surface area contributed by atoms with E-state index < -0.39 is 11.9 Å². The van der Waals surface area contributed by atoms with Crippen LogP contribution < -0.4 is 4.74 Å². The van der Waals surface area contributed by atoms with E-state index in [1.54, 1.807) is 24.3 Å². The first-order valence-electron chi connectivity index (χ1n) is 8.12. The fourth-order valence-corrected chi connectivity index (χ4v) is 3.29. The molecule has 0 bridgehead atoms. The second-order valence-corrected chi connectivity index (χ2v) is 6.45. The van der Waals surface area contributed by atoms with Crippen molar-refractivity contribution in [3.63, 3.8) is 0 Å². The van der Waals surface area contributed by atoms with Crippen LogP contribution >= 0.6 is 0 Å². The van der Waals surface area contributed by atoms with E-state index in [1.165, 1.54) is 0 Å². The van der Waals surface area contributed by atoms with Crippen molar-refractivity contribution in [1.82, 2.24) is 4.57 Å². The zero-order chi connectivity index (χ0) is 17.4. The van der Waals surface area contributed by atoms with Gasteiger partial charge in [0, 0.05) is 17.8 Å². The molecule has 2 heterocycles. The Hall–Kier alpha value is -2.56. The number of carboxylic acids is 1. The van der Waals surface area contributed by atoms with Gasteiger partial charge in [-0.1, -0.05) is 0 Å². The van der Waals surface area contributed by atoms with Crippen LogP contribution in [0.3, 0.4) is 0 Å². The molecule has 0 amide bonds. The first-order valence-corrected chi connectivity index (χ1v) is 8.12. The molecular weight excluding hydrogens is 306 g/mol. The highest BCUT2D eigenvalue weighted by atomic mass is 16.5. The molecule has 1 N–H and O–H groups in total. The molecule has 0 radical (unpaired) electrons. The summed E-state index contributed by atoms with van der Waals surface area (Å²) in [6.45, 7) is 6.32. The molecule has 0 saturated heterocycles. The number of hydrogen-bond donors (Lipinski definition) is 1. The average Bonchev–Trinajstić information content (AvgIpc) is 3.04. The van der Waals surface area contributed by atoms with Gasteiger partial charge in [-0.25, -0.2) is 0 Å². The molecule has 0 saturated carbocycles. The quantitative estimate of drug-likeness (QED) is 0.855. The van der Waals surface area contributed by atoms with E-state index in [0.29, 0.717) is 24.2 Å². The van der Waals surface area contributed by atoms with E-state index in [0.717, 1.165) is 17.0 Å². The lowest BCUT2D eigenvalue weighted by molar-refractivity contribution is -0.138. The lowest BCUT2D eigenvalue weighted by atomic mass is 10.0. The molecule has 2 aromatic rings. The maximum Gasteiger partial charge on any atom is 0.312 e. The molecular formula is C19H21NO4. The number of nitrogens with zero attached hydrogens (tertiary/aromatic N) is 1. The molecule has 1 aliphatic heterocycles. The minimum atomic E-state index is -0.833. The molecule has 1 aromatic heterocycles. The summed E-state index contributed by atoms with van der Waals surface area (Å²) in [6.07, 6.45) is 0.613. The van der Waals surface area contributed by atoms with Gasteiger partial charge in [0.15, 0.2) is 0 Å². The van der Waals surface area contributed by atoms with Gasteiger partial charge >= 0.3 is 5.97 Å². The Morgan fingerprint density at radius 3 is 2.50 bits per heavy atom. The van der Waals surface area contributed by atoms with Crippen molar-refractivity contribution in [3.8, 4) is 5.75 Å². The SMILES string of the molecule is Cc1cc2n(c1C(=O)c1ccc(OC(C)C)cc1)CCC2C(=O)O. The number of aryl methyl sites for hydroxylation is 1. The Bertz CT molecular complexity index is 786. The van der Waals surface area contributed by atoms with Crippen molar-refractivity contribution < 1.29 is 19.4 Å². The van der Waals surface area contributed by atoms with Crippen molar-refractivity contribution in [2.24, 2.45) is 0 Å². The zero-order valence-electron chi connectivity index (χ0n) is 14.1. The summed E-state index contributed by atoms with van der Waals surface area (Å²) >= 11 is 0. The number of benzene rings is 1. The summed E-state index contributed by atoms with van der Waals surface area (Å²) in [5, 5.41) is 9.31. The highest BCUT2D eigenvalue weighted by Crippen LogP contribution is 2.33. The van der Waals surface area contributed by atoms with E-state index in [1.807, 2.05) is 31.4 Å². The van der Waals surface area contributed by atoms with Gasteiger partial charge < -0.3 is 14.4 Å². The van der Waals surface area contributed by atoms with E-state index >= 15 is 0 Å². The molecule has 1 atom stereocenters. The van der Waals surface area contributed by atoms with Crippen LogP contribution in [0.5, 0.6) is 5.75 Å². The summed E-state index contributed by atoms with van der Waals surface area (Å²) in [6, 6.07) is 8.91. The predicted molar refractivity (Wildman–Crippen MR) is 89.8 cm³/mol. The Balaban J connectivity index is 1.91. The number of carbonyl (C=O) groups is 2. The number of ketones is 1. The molecule has 0 fully saturated rings. The maximum absolute atomic E-state index is 12.9. The normalized spacial score (nSPS) is 16.2. The highest BCUT2D eigenvalue weighted by molar-refractivity contribution is 6.09. The van der Waals surface area contributed by atoms with Crippen molar-refractivity contribution in [1.29, 1.82) is 0 Å². The van der Waals surface area contributed by atoms with Gasteiger partial charge in [-0.05, 0) is 63.1 Å². The van der Waals surface area contributed by atoms with Crippen molar-refractivity contribution in [2.75, 3.05) is 0 Å². The van der Waals surface area contributed by atoms with Gasteiger partial charge in [0.25, 0.3) is 0 Å². The number of aromatic nitrogens is 1. The summed E-state index contributed by atoms with van der Waals surface area (Å²) in [4.78, 5) is 24.2. The molecule has 1 aromatic carbocycles. The Morgan fingerprint density at radius 1 is 1.25 bits per heavy atom. The maximum atomic E-state index is 12.9. The van der Waals surface area contributed by atoms with Crippen molar-refractivity contribution in [2.45, 2.75) is 45.8 Å². The predicted octanol–water partition coefficient (Wildman–Crippen LogP) is 3.39. The van der Waals surface area contributed by atoms with Crippen LogP contribution in [-0.4, -0.2) is 27.5 Å². The summed E-state index contributed by atoms with van der Waals surface area (Å²) in [5.41, 5.74) is 2.71. The molecule has 5 heteroatoms. The first-order chi connectivity index (χ1) is 11.4. The molecule has 0 spiro atoms. The van der Waals surface area contributed by atoms with Crippen LogP contribution in [0.1, 0.15) is 53.5 Å². The Morgan fingerprint density at radius 2 is 1.92 bits per heavy atom. The van der Waals surface area contributed by atoms with Crippen molar-refractivity contribution in [3.05, 3.63) is 52.8 Å². The van der Waals surface area contributed by atoms with Gasteiger partial charge in [0.1, 0.15) is 5.75 Å². The largest absolute Gasteiger partial charge is 0.491 e. The van der Waals surface area contributed by atoms with Gasteiger partial charge in [0.2, 0.25) is 5.78 Å². The van der Waals surface area contributed by atoms with E-state index in [-0.39, 0.29) is 11.9 Å². The zero-order valence-corrected chi connectivity index (χ0v) is 14.1. The van der Waals surface area contributed by atoms with E-state index in [4.69, 9.17) is 4.74 Å². The molecule has 3 rings (SSSR count). The fourth-order valence-electron chi connectivity index (χ4n) is 3.29. The van der Waals surface area contributed by atoms with Crippen molar-refractivity contribution >= 4 is 11.8 Å². The lowest BCUT2D eigenvalue weighted by Gasteiger charge is -2.11. The summed E-state index contributed by atoms with van der Waals surface area (Å²) in [5.74, 6) is -0.710. The highest BCUT2D eigenvalue weighted by Gasteiger charge is 2.33. The molecule has 1 aliphatic rings. The van der Waals surface area contributed by atoms with Crippen LogP contribution in [0.4, 0.5) is 0 Å². The smallest absolute Gasteiger partial charge is 0.312 e. The molecule has 1 unspecified atom stereocenters. The molecule has 5 nitrogen and oxygen atoms in total. The second-order valence-electron chi connectivity index (χ2n) is 6.45. The number of rotatable bonds is 5. The van der Waals surface area contributed by atoms with Crippen LogP contribution in [0.25, 0.3) is 0 Å². The minimum Gasteiger partial charge on any atom is -0.491 e. The number of aliphatic carboxylic acids is 1. The van der Waals surface area contributed by atoms with Crippen LogP contribution in [-0.2, 0) is 11.3 Å². The number of hydrogen-bond acceptors (Lipinski definition) is 3. The number of ether oxygens (including phenoxy) is 1. The third-order valence-corrected chi connectivity index (χ3v) is 4.32. The van der Waals surface area contributed by atoms with Crippen LogP contribution in [0, 0.1) is 6.92 Å². The second kappa shape index (κ2) is 6.15. The summed E-state index contributed by atoms with van der Waals surface area (Å²) in [7, 11) is 0. The number of carboxylic acid groups (broad SMARTS) is 1. The van der Waals surface area contributed by atoms with Gasteiger partial charge in [-0.3, -0.25) is 9.59 Å². The topological polar surface area (TPSA) is 68.5 Å². The number of carbonyl (C=O) groups excluding carboxylic acids is 1. The van der Waals surface area contributed by atoms with E-state index in [2.05, 4.69) is 0 Å². The Labute approximate surface area is 140 Å². The number of fused-ring (bicyclic) bond motifs is 1. The van der Waals surface area contributed by atoms with Gasteiger partial charge in [0.05, 0.1) is 17.7 Å². The fraction of sp³-hybridized carbons (Fsp3) is 0.368. The molecule has 0 aliphatic carbocycles. The monoisotopic (exact) mass is 327 g/mol. The average molecular weight is 327 g/mol. The standard InChI is InChI=1S/C19H21NO4/c1-11(2)24-14-6-4-13(5-7-14)18(21)17-12(3)10-16-15(19(22)23)8-9-20(16)17/h4-7,10-11,15H,8-9H2,1-3H3,(H,22,23). The molecule has 126 valence electrons. The minimum absolute atomic E-state index is 0.0793.